The quantitative estimate of drug-likeness (QED) is 0.639. The van der Waals surface area contributed by atoms with E-state index in [-0.39, 0.29) is 5.97 Å². The molecule has 0 heterocycles. The molecule has 3 N–H and O–H groups in total. The summed E-state index contributed by atoms with van der Waals surface area (Å²) in [6, 6.07) is 7.23. The summed E-state index contributed by atoms with van der Waals surface area (Å²) in [7, 11) is 1.37. The molecule has 1 aromatic rings. The molecule has 0 atom stereocenters. The second-order valence-electron chi connectivity index (χ2n) is 2.44. The lowest BCUT2D eigenvalue weighted by atomic mass is 10.1. The highest BCUT2D eigenvalue weighted by Gasteiger charge is 2.03. The smallest absolute Gasteiger partial charge is 0.337 e. The molecule has 64 valence electrons. The predicted molar refractivity (Wildman–Crippen MR) is 44.4 cm³/mol. The molecule has 0 fully saturated rings. The molecule has 0 saturated heterocycles. The molecule has 0 aliphatic rings. The molecule has 0 aromatic heterocycles. The Balaban J connectivity index is 2.84. The number of carbonyl (C=O) groups excluding carboxylic acids is 1. The first kappa shape index (κ1) is 8.74. The van der Waals surface area contributed by atoms with Gasteiger partial charge in [-0.25, -0.2) is 4.79 Å². The number of ether oxygens (including phenoxy) is 1. The minimum absolute atomic E-state index is 0.300. The van der Waals surface area contributed by atoms with Crippen LogP contribution in [0.2, 0.25) is 0 Å². The molecule has 0 saturated carbocycles. The van der Waals surface area contributed by atoms with Crippen LogP contribution in [0.3, 0.4) is 0 Å². The van der Waals surface area contributed by atoms with Crippen LogP contribution < -0.4 is 5.73 Å². The van der Waals surface area contributed by atoms with Crippen LogP contribution >= 0.6 is 0 Å². The van der Waals surface area contributed by atoms with Gasteiger partial charge in [-0.15, -0.1) is 0 Å². The van der Waals surface area contributed by atoms with Crippen LogP contribution in [-0.2, 0) is 11.3 Å². The topological polar surface area (TPSA) is 53.9 Å². The first-order valence-electron chi connectivity index (χ1n) is 3.74. The standard InChI is InChI=1S/C9H11NO2/c1-12-9(11)8-4-2-7(6-10)3-5-8/h2-5H,6,10H2,1H3/p+1. The Morgan fingerprint density at radius 1 is 1.42 bits per heavy atom. The summed E-state index contributed by atoms with van der Waals surface area (Å²) in [4.78, 5) is 11.0. The third kappa shape index (κ3) is 1.83. The van der Waals surface area contributed by atoms with E-state index >= 15 is 0 Å². The van der Waals surface area contributed by atoms with Crippen LogP contribution in [0.15, 0.2) is 24.3 Å². The van der Waals surface area contributed by atoms with Crippen molar-refractivity contribution in [1.82, 2.24) is 0 Å². The molecular formula is C9H12NO2+. The molecule has 1 aromatic carbocycles. The molecule has 3 heteroatoms. The highest BCUT2D eigenvalue weighted by atomic mass is 16.5. The number of rotatable bonds is 2. The van der Waals surface area contributed by atoms with Crippen LogP contribution in [0.4, 0.5) is 0 Å². The Labute approximate surface area is 71.1 Å². The zero-order valence-corrected chi connectivity index (χ0v) is 7.04. The number of hydrogen-bond acceptors (Lipinski definition) is 2. The number of carbonyl (C=O) groups is 1. The van der Waals surface area contributed by atoms with E-state index < -0.39 is 0 Å². The lowest BCUT2D eigenvalue weighted by Crippen LogP contribution is -2.47. The summed E-state index contributed by atoms with van der Waals surface area (Å²) >= 11 is 0. The number of methoxy groups -OCH3 is 1. The average molecular weight is 166 g/mol. The van der Waals surface area contributed by atoms with Gasteiger partial charge < -0.3 is 10.5 Å². The van der Waals surface area contributed by atoms with Crippen molar-refractivity contribution in [2.24, 2.45) is 0 Å². The zero-order chi connectivity index (χ0) is 8.97. The fourth-order valence-corrected chi connectivity index (χ4v) is 0.925. The average Bonchev–Trinajstić information content (AvgIpc) is 2.17. The largest absolute Gasteiger partial charge is 0.465 e. The minimum atomic E-state index is -0.300. The van der Waals surface area contributed by atoms with Gasteiger partial charge in [-0.05, 0) is 12.1 Å². The maximum Gasteiger partial charge on any atom is 0.337 e. The third-order valence-corrected chi connectivity index (χ3v) is 1.66. The number of hydrogen-bond donors (Lipinski definition) is 1. The Kier molecular flexibility index (Phi) is 2.82. The van der Waals surface area contributed by atoms with E-state index in [0.717, 1.165) is 12.1 Å². The van der Waals surface area contributed by atoms with Gasteiger partial charge in [0.15, 0.2) is 0 Å². The van der Waals surface area contributed by atoms with Gasteiger partial charge in [-0.1, -0.05) is 12.1 Å². The summed E-state index contributed by atoms with van der Waals surface area (Å²) in [6.45, 7) is 0.738. The van der Waals surface area contributed by atoms with Crippen molar-refractivity contribution in [3.05, 3.63) is 35.4 Å². The van der Waals surface area contributed by atoms with Gasteiger partial charge in [0.05, 0.1) is 19.2 Å². The fourth-order valence-electron chi connectivity index (χ4n) is 0.925. The van der Waals surface area contributed by atoms with Crippen LogP contribution in [0.1, 0.15) is 15.9 Å². The van der Waals surface area contributed by atoms with E-state index in [1.54, 1.807) is 12.1 Å². The van der Waals surface area contributed by atoms with Crippen LogP contribution in [-0.4, -0.2) is 13.1 Å². The van der Waals surface area contributed by atoms with E-state index in [1.807, 2.05) is 12.1 Å². The molecule has 3 nitrogen and oxygen atoms in total. The molecule has 0 amide bonds. The van der Waals surface area contributed by atoms with Crippen molar-refractivity contribution in [3.63, 3.8) is 0 Å². The number of quaternary nitrogens is 1. The van der Waals surface area contributed by atoms with E-state index in [9.17, 15) is 4.79 Å². The highest BCUT2D eigenvalue weighted by Crippen LogP contribution is 2.04. The fraction of sp³-hybridized carbons (Fsp3) is 0.222. The first-order chi connectivity index (χ1) is 5.77. The van der Waals surface area contributed by atoms with Crippen LogP contribution in [0, 0.1) is 0 Å². The predicted octanol–water partition coefficient (Wildman–Crippen LogP) is 0.215. The maximum absolute atomic E-state index is 11.0. The molecule has 12 heavy (non-hydrogen) atoms. The SMILES string of the molecule is COC(=O)c1ccc(C[NH3+])cc1. The molecular weight excluding hydrogens is 154 g/mol. The van der Waals surface area contributed by atoms with E-state index in [0.29, 0.717) is 5.56 Å². The Bertz CT molecular complexity index is 266. The van der Waals surface area contributed by atoms with Gasteiger partial charge in [0.25, 0.3) is 0 Å². The van der Waals surface area contributed by atoms with Crippen molar-refractivity contribution in [2.75, 3.05) is 7.11 Å². The van der Waals surface area contributed by atoms with Crippen molar-refractivity contribution in [2.45, 2.75) is 6.54 Å². The first-order valence-corrected chi connectivity index (χ1v) is 3.74. The summed E-state index contributed by atoms with van der Waals surface area (Å²) in [5, 5.41) is 0. The second-order valence-corrected chi connectivity index (χ2v) is 2.44. The van der Waals surface area contributed by atoms with E-state index in [1.165, 1.54) is 7.11 Å². The molecule has 0 aliphatic heterocycles. The molecule has 0 aliphatic carbocycles. The highest BCUT2D eigenvalue weighted by molar-refractivity contribution is 5.89. The minimum Gasteiger partial charge on any atom is -0.465 e. The lowest BCUT2D eigenvalue weighted by Gasteiger charge is -1.98. The maximum atomic E-state index is 11.0. The molecule has 0 radical (unpaired) electrons. The summed E-state index contributed by atoms with van der Waals surface area (Å²) in [6.07, 6.45) is 0. The number of benzene rings is 1. The van der Waals surface area contributed by atoms with Crippen molar-refractivity contribution in [1.29, 1.82) is 0 Å². The zero-order valence-electron chi connectivity index (χ0n) is 7.04. The van der Waals surface area contributed by atoms with Gasteiger partial charge in [-0.3, -0.25) is 0 Å². The van der Waals surface area contributed by atoms with Crippen molar-refractivity contribution < 1.29 is 15.3 Å². The monoisotopic (exact) mass is 166 g/mol. The third-order valence-electron chi connectivity index (χ3n) is 1.66. The van der Waals surface area contributed by atoms with Gasteiger partial charge in [0.2, 0.25) is 0 Å². The second kappa shape index (κ2) is 3.88. The van der Waals surface area contributed by atoms with Gasteiger partial charge in [-0.2, -0.15) is 0 Å². The normalized spacial score (nSPS) is 9.50. The van der Waals surface area contributed by atoms with Crippen molar-refractivity contribution in [3.8, 4) is 0 Å². The van der Waals surface area contributed by atoms with Gasteiger partial charge in [0.1, 0.15) is 0 Å². The Morgan fingerprint density at radius 2 is 2.00 bits per heavy atom. The molecule has 0 bridgehead atoms. The molecule has 0 unspecified atom stereocenters. The summed E-state index contributed by atoms with van der Waals surface area (Å²) < 4.78 is 4.56. The van der Waals surface area contributed by atoms with Gasteiger partial charge >= 0.3 is 5.97 Å². The van der Waals surface area contributed by atoms with Crippen molar-refractivity contribution >= 4 is 5.97 Å². The van der Waals surface area contributed by atoms with E-state index in [4.69, 9.17) is 0 Å². The van der Waals surface area contributed by atoms with Crippen LogP contribution in [0.5, 0.6) is 0 Å². The van der Waals surface area contributed by atoms with E-state index in [2.05, 4.69) is 10.5 Å². The molecule has 1 rings (SSSR count). The summed E-state index contributed by atoms with van der Waals surface area (Å²) in [5.41, 5.74) is 5.43. The molecule has 0 spiro atoms. The number of esters is 1. The Hall–Kier alpha value is -1.35. The van der Waals surface area contributed by atoms with Gasteiger partial charge in [0, 0.05) is 5.56 Å². The lowest BCUT2D eigenvalue weighted by molar-refractivity contribution is -0.386. The van der Waals surface area contributed by atoms with Crippen LogP contribution in [0.25, 0.3) is 0 Å². The summed E-state index contributed by atoms with van der Waals surface area (Å²) in [5.74, 6) is -0.300. The Morgan fingerprint density at radius 3 is 2.42 bits per heavy atom.